The second-order valence-electron chi connectivity index (χ2n) is 5.81. The average Bonchev–Trinajstić information content (AvgIpc) is 2.58. The Morgan fingerprint density at radius 3 is 2.30 bits per heavy atom. The summed E-state index contributed by atoms with van der Waals surface area (Å²) in [5.41, 5.74) is 2.13. The van der Waals surface area contributed by atoms with Gasteiger partial charge in [0.2, 0.25) is 0 Å². The highest BCUT2D eigenvalue weighted by atomic mass is 16.3. The highest BCUT2D eigenvalue weighted by molar-refractivity contribution is 6.05. The van der Waals surface area contributed by atoms with Gasteiger partial charge in [-0.2, -0.15) is 0 Å². The van der Waals surface area contributed by atoms with E-state index in [1.807, 2.05) is 24.3 Å². The van der Waals surface area contributed by atoms with Crippen LogP contribution in [-0.4, -0.2) is 49.1 Å². The number of amides is 1. The van der Waals surface area contributed by atoms with Gasteiger partial charge in [0, 0.05) is 37.4 Å². The van der Waals surface area contributed by atoms with Crippen molar-refractivity contribution in [2.45, 2.75) is 0 Å². The van der Waals surface area contributed by atoms with Crippen LogP contribution >= 0.6 is 0 Å². The quantitative estimate of drug-likeness (QED) is 0.855. The maximum atomic E-state index is 12.3. The standard InChI is InChI=1S/C18H21N3O2/c1-20-10-12-21(13-11-20)15-8-6-14(7-9-15)18(23)19-16-4-2-3-5-17(16)22/h2-9,22H,10-13H2,1H3,(H,19,23). The first-order chi connectivity index (χ1) is 11.1. The van der Waals surface area contributed by atoms with Crippen molar-refractivity contribution in [3.05, 3.63) is 54.1 Å². The Kier molecular flexibility index (Phi) is 4.48. The van der Waals surface area contributed by atoms with Crippen molar-refractivity contribution >= 4 is 17.3 Å². The summed E-state index contributed by atoms with van der Waals surface area (Å²) in [5.74, 6) is -0.161. The highest BCUT2D eigenvalue weighted by Gasteiger charge is 2.15. The summed E-state index contributed by atoms with van der Waals surface area (Å²) in [6.07, 6.45) is 0. The van der Waals surface area contributed by atoms with Gasteiger partial charge < -0.3 is 20.2 Å². The van der Waals surface area contributed by atoms with E-state index in [9.17, 15) is 9.90 Å². The number of piperazine rings is 1. The van der Waals surface area contributed by atoms with E-state index >= 15 is 0 Å². The molecule has 0 spiro atoms. The van der Waals surface area contributed by atoms with Gasteiger partial charge in [-0.05, 0) is 43.4 Å². The monoisotopic (exact) mass is 311 g/mol. The van der Waals surface area contributed by atoms with Crippen molar-refractivity contribution in [1.82, 2.24) is 4.90 Å². The molecule has 1 amide bonds. The number of para-hydroxylation sites is 2. The number of carbonyl (C=O) groups is 1. The van der Waals surface area contributed by atoms with Gasteiger partial charge in [0.15, 0.2) is 0 Å². The van der Waals surface area contributed by atoms with Gasteiger partial charge in [-0.3, -0.25) is 4.79 Å². The van der Waals surface area contributed by atoms with Crippen molar-refractivity contribution in [1.29, 1.82) is 0 Å². The summed E-state index contributed by atoms with van der Waals surface area (Å²) in [5, 5.41) is 12.4. The lowest BCUT2D eigenvalue weighted by Crippen LogP contribution is -2.44. The van der Waals surface area contributed by atoms with E-state index in [4.69, 9.17) is 0 Å². The molecule has 0 saturated carbocycles. The summed E-state index contributed by atoms with van der Waals surface area (Å²) in [6, 6.07) is 14.3. The zero-order valence-electron chi connectivity index (χ0n) is 13.2. The first-order valence-corrected chi connectivity index (χ1v) is 7.76. The fourth-order valence-corrected chi connectivity index (χ4v) is 2.66. The van der Waals surface area contributed by atoms with E-state index in [1.54, 1.807) is 24.3 Å². The van der Waals surface area contributed by atoms with Gasteiger partial charge in [-0.15, -0.1) is 0 Å². The van der Waals surface area contributed by atoms with Crippen LogP contribution in [0.4, 0.5) is 11.4 Å². The zero-order valence-corrected chi connectivity index (χ0v) is 13.2. The van der Waals surface area contributed by atoms with Crippen LogP contribution in [0.25, 0.3) is 0 Å². The van der Waals surface area contributed by atoms with Gasteiger partial charge in [-0.25, -0.2) is 0 Å². The summed E-state index contributed by atoms with van der Waals surface area (Å²) in [6.45, 7) is 4.10. The molecule has 3 rings (SSSR count). The van der Waals surface area contributed by atoms with E-state index in [-0.39, 0.29) is 11.7 Å². The Hall–Kier alpha value is -2.53. The predicted octanol–water partition coefficient (Wildman–Crippen LogP) is 2.40. The minimum Gasteiger partial charge on any atom is -0.506 e. The van der Waals surface area contributed by atoms with E-state index in [1.165, 1.54) is 0 Å². The van der Waals surface area contributed by atoms with Crippen LogP contribution in [0.2, 0.25) is 0 Å². The second kappa shape index (κ2) is 6.71. The molecule has 2 aromatic carbocycles. The largest absolute Gasteiger partial charge is 0.506 e. The van der Waals surface area contributed by atoms with Crippen molar-refractivity contribution in [3.63, 3.8) is 0 Å². The molecule has 1 heterocycles. The average molecular weight is 311 g/mol. The topological polar surface area (TPSA) is 55.8 Å². The van der Waals surface area contributed by atoms with Crippen LogP contribution in [0.3, 0.4) is 0 Å². The molecule has 1 saturated heterocycles. The molecular weight excluding hydrogens is 290 g/mol. The fraction of sp³-hybridized carbons (Fsp3) is 0.278. The van der Waals surface area contributed by atoms with Gasteiger partial charge in [0.05, 0.1) is 5.69 Å². The lowest BCUT2D eigenvalue weighted by molar-refractivity contribution is 0.102. The summed E-state index contributed by atoms with van der Waals surface area (Å²) in [7, 11) is 2.13. The Morgan fingerprint density at radius 1 is 1.00 bits per heavy atom. The molecule has 1 aliphatic heterocycles. The third-order valence-electron chi connectivity index (χ3n) is 4.15. The minimum absolute atomic E-state index is 0.0647. The first kappa shape index (κ1) is 15.4. The Morgan fingerprint density at radius 2 is 1.65 bits per heavy atom. The molecule has 0 radical (unpaired) electrons. The van der Waals surface area contributed by atoms with Crippen molar-refractivity contribution < 1.29 is 9.90 Å². The zero-order chi connectivity index (χ0) is 16.2. The molecule has 2 aromatic rings. The number of rotatable bonds is 3. The maximum Gasteiger partial charge on any atom is 0.255 e. The summed E-state index contributed by atoms with van der Waals surface area (Å²) < 4.78 is 0. The predicted molar refractivity (Wildman–Crippen MR) is 92.2 cm³/mol. The number of nitrogens with zero attached hydrogens (tertiary/aromatic N) is 2. The lowest BCUT2D eigenvalue weighted by Gasteiger charge is -2.34. The van der Waals surface area contributed by atoms with Gasteiger partial charge in [-0.1, -0.05) is 12.1 Å². The van der Waals surface area contributed by atoms with Gasteiger partial charge in [0.25, 0.3) is 5.91 Å². The third kappa shape index (κ3) is 3.63. The molecule has 23 heavy (non-hydrogen) atoms. The SMILES string of the molecule is CN1CCN(c2ccc(C(=O)Nc3ccccc3O)cc2)CC1. The van der Waals surface area contributed by atoms with Crippen LogP contribution in [0.15, 0.2) is 48.5 Å². The molecular formula is C18H21N3O2. The molecule has 5 heteroatoms. The lowest BCUT2D eigenvalue weighted by atomic mass is 10.1. The van der Waals surface area contributed by atoms with Crippen molar-refractivity contribution in [2.24, 2.45) is 0 Å². The summed E-state index contributed by atoms with van der Waals surface area (Å²) >= 11 is 0. The normalized spacial score (nSPS) is 15.4. The van der Waals surface area contributed by atoms with Crippen LogP contribution in [0, 0.1) is 0 Å². The van der Waals surface area contributed by atoms with Crippen LogP contribution in [0.1, 0.15) is 10.4 Å². The molecule has 1 fully saturated rings. The van der Waals surface area contributed by atoms with E-state index in [0.717, 1.165) is 31.9 Å². The number of phenols is 1. The number of benzene rings is 2. The maximum absolute atomic E-state index is 12.3. The number of aromatic hydroxyl groups is 1. The first-order valence-electron chi connectivity index (χ1n) is 7.76. The van der Waals surface area contributed by atoms with E-state index in [2.05, 4.69) is 22.2 Å². The molecule has 0 bridgehead atoms. The summed E-state index contributed by atoms with van der Waals surface area (Å²) in [4.78, 5) is 16.9. The number of likely N-dealkylation sites (N-methyl/N-ethyl adjacent to an activating group) is 1. The number of carbonyl (C=O) groups excluding carboxylic acids is 1. The number of nitrogens with one attached hydrogen (secondary N) is 1. The van der Waals surface area contributed by atoms with Crippen LogP contribution in [0.5, 0.6) is 5.75 Å². The van der Waals surface area contributed by atoms with Crippen LogP contribution < -0.4 is 10.2 Å². The van der Waals surface area contributed by atoms with Crippen LogP contribution in [-0.2, 0) is 0 Å². The number of hydrogen-bond acceptors (Lipinski definition) is 4. The highest BCUT2D eigenvalue weighted by Crippen LogP contribution is 2.23. The number of anilines is 2. The molecule has 0 aliphatic carbocycles. The van der Waals surface area contributed by atoms with E-state index in [0.29, 0.717) is 11.3 Å². The third-order valence-corrected chi connectivity index (χ3v) is 4.15. The molecule has 1 aliphatic rings. The van der Waals surface area contributed by atoms with Gasteiger partial charge >= 0.3 is 0 Å². The van der Waals surface area contributed by atoms with Crippen molar-refractivity contribution in [3.8, 4) is 5.75 Å². The minimum atomic E-state index is -0.226. The second-order valence-corrected chi connectivity index (χ2v) is 5.81. The Bertz CT molecular complexity index is 677. The van der Waals surface area contributed by atoms with E-state index < -0.39 is 0 Å². The smallest absolute Gasteiger partial charge is 0.255 e. The molecule has 0 unspecified atom stereocenters. The van der Waals surface area contributed by atoms with Crippen molar-refractivity contribution in [2.75, 3.05) is 43.4 Å². The number of hydrogen-bond donors (Lipinski definition) is 2. The van der Waals surface area contributed by atoms with Gasteiger partial charge in [0.1, 0.15) is 5.75 Å². The Labute approximate surface area is 136 Å². The fourth-order valence-electron chi connectivity index (χ4n) is 2.66. The Balaban J connectivity index is 1.67. The molecule has 0 aromatic heterocycles. The number of phenolic OH excluding ortho intramolecular Hbond substituents is 1. The molecule has 2 N–H and O–H groups in total. The molecule has 5 nitrogen and oxygen atoms in total. The molecule has 120 valence electrons. The molecule has 0 atom stereocenters.